The third-order valence-corrected chi connectivity index (χ3v) is 6.05. The standard InChI is InChI=1S/C24H16ClFN2O3/c1-13-6-9-15(25)12-19(13)27-20(14-7-10-16(26)11-8-14)21(24(27)31)28-22(29)17-4-2-3-5-18(17)23(28)30/h2-12,20-21H,1H3. The van der Waals surface area contributed by atoms with Gasteiger partial charge in [-0.05, 0) is 54.4 Å². The molecule has 3 amide bonds. The van der Waals surface area contributed by atoms with Gasteiger partial charge in [0.15, 0.2) is 0 Å². The molecular weight excluding hydrogens is 419 g/mol. The number of hydrogen-bond donors (Lipinski definition) is 0. The van der Waals surface area contributed by atoms with E-state index in [9.17, 15) is 18.8 Å². The van der Waals surface area contributed by atoms with Crippen molar-refractivity contribution in [2.75, 3.05) is 4.90 Å². The molecule has 0 saturated carbocycles. The molecule has 0 bridgehead atoms. The molecule has 0 aliphatic carbocycles. The summed E-state index contributed by atoms with van der Waals surface area (Å²) in [6, 6.07) is 15.7. The minimum atomic E-state index is -1.03. The highest BCUT2D eigenvalue weighted by Gasteiger charge is 2.57. The fraction of sp³-hybridized carbons (Fsp3) is 0.125. The predicted octanol–water partition coefficient (Wildman–Crippen LogP) is 4.54. The number of imide groups is 1. The van der Waals surface area contributed by atoms with Crippen molar-refractivity contribution >= 4 is 35.0 Å². The zero-order chi connectivity index (χ0) is 21.9. The van der Waals surface area contributed by atoms with Crippen molar-refractivity contribution in [2.24, 2.45) is 0 Å². The van der Waals surface area contributed by atoms with Crippen LogP contribution in [0, 0.1) is 12.7 Å². The van der Waals surface area contributed by atoms with Gasteiger partial charge in [0.25, 0.3) is 17.7 Å². The van der Waals surface area contributed by atoms with E-state index in [-0.39, 0.29) is 11.1 Å². The Hall–Kier alpha value is -3.51. The molecule has 3 aromatic rings. The van der Waals surface area contributed by atoms with E-state index in [4.69, 9.17) is 11.6 Å². The van der Waals surface area contributed by atoms with Crippen LogP contribution in [-0.4, -0.2) is 28.7 Å². The topological polar surface area (TPSA) is 57.7 Å². The summed E-state index contributed by atoms with van der Waals surface area (Å²) >= 11 is 6.17. The average molecular weight is 435 g/mol. The summed E-state index contributed by atoms with van der Waals surface area (Å²) in [6.07, 6.45) is 0. The van der Waals surface area contributed by atoms with Crippen molar-refractivity contribution in [1.82, 2.24) is 4.90 Å². The smallest absolute Gasteiger partial charge is 0.262 e. The van der Waals surface area contributed by atoms with E-state index >= 15 is 0 Å². The molecule has 0 spiro atoms. The molecule has 5 nitrogen and oxygen atoms in total. The highest BCUT2D eigenvalue weighted by Crippen LogP contribution is 2.45. The second kappa shape index (κ2) is 7.03. The van der Waals surface area contributed by atoms with Crippen LogP contribution < -0.4 is 4.90 Å². The van der Waals surface area contributed by atoms with Crippen LogP contribution in [0.1, 0.15) is 37.9 Å². The Balaban J connectivity index is 1.62. The molecule has 0 radical (unpaired) electrons. The van der Waals surface area contributed by atoms with E-state index in [2.05, 4.69) is 0 Å². The summed E-state index contributed by atoms with van der Waals surface area (Å²) < 4.78 is 13.6. The number of anilines is 1. The van der Waals surface area contributed by atoms with Gasteiger partial charge in [-0.25, -0.2) is 4.39 Å². The maximum absolute atomic E-state index is 13.6. The first-order chi connectivity index (χ1) is 14.9. The summed E-state index contributed by atoms with van der Waals surface area (Å²) in [5.74, 6) is -1.83. The number of amides is 3. The van der Waals surface area contributed by atoms with Crippen LogP contribution in [0.2, 0.25) is 5.02 Å². The molecule has 31 heavy (non-hydrogen) atoms. The molecular formula is C24H16ClFN2O3. The fourth-order valence-corrected chi connectivity index (χ4v) is 4.45. The van der Waals surface area contributed by atoms with E-state index in [1.807, 2.05) is 6.92 Å². The first kappa shape index (κ1) is 19.5. The number of benzene rings is 3. The number of hydrogen-bond acceptors (Lipinski definition) is 3. The van der Waals surface area contributed by atoms with Crippen LogP contribution in [-0.2, 0) is 4.79 Å². The maximum atomic E-state index is 13.6. The van der Waals surface area contributed by atoms with Crippen molar-refractivity contribution in [2.45, 2.75) is 19.0 Å². The third kappa shape index (κ3) is 2.86. The van der Waals surface area contributed by atoms with Crippen molar-refractivity contribution in [1.29, 1.82) is 0 Å². The fourth-order valence-electron chi connectivity index (χ4n) is 4.29. The van der Waals surface area contributed by atoms with Crippen LogP contribution in [0.15, 0.2) is 66.7 Å². The van der Waals surface area contributed by atoms with Crippen LogP contribution in [0.5, 0.6) is 0 Å². The van der Waals surface area contributed by atoms with Gasteiger partial charge >= 0.3 is 0 Å². The van der Waals surface area contributed by atoms with E-state index in [0.29, 0.717) is 16.3 Å². The Morgan fingerprint density at radius 2 is 1.42 bits per heavy atom. The first-order valence-electron chi connectivity index (χ1n) is 9.70. The number of carbonyl (C=O) groups is 3. The zero-order valence-electron chi connectivity index (χ0n) is 16.4. The lowest BCUT2D eigenvalue weighted by Crippen LogP contribution is -2.67. The van der Waals surface area contributed by atoms with Crippen LogP contribution in [0.3, 0.4) is 0 Å². The molecule has 5 rings (SSSR count). The van der Waals surface area contributed by atoms with Gasteiger partial charge in [-0.3, -0.25) is 19.3 Å². The van der Waals surface area contributed by atoms with E-state index < -0.39 is 35.6 Å². The molecule has 1 saturated heterocycles. The normalized spacial score (nSPS) is 20.2. The van der Waals surface area contributed by atoms with Gasteiger partial charge in [0.2, 0.25) is 0 Å². The van der Waals surface area contributed by atoms with Crippen molar-refractivity contribution in [3.63, 3.8) is 0 Å². The molecule has 2 heterocycles. The molecule has 2 unspecified atom stereocenters. The monoisotopic (exact) mass is 434 g/mol. The lowest BCUT2D eigenvalue weighted by molar-refractivity contribution is -0.130. The summed E-state index contributed by atoms with van der Waals surface area (Å²) in [5.41, 5.74) is 2.55. The number of aryl methyl sites for hydroxylation is 1. The van der Waals surface area contributed by atoms with E-state index in [1.165, 1.54) is 17.0 Å². The number of β-lactam (4-membered cyclic amide) rings is 1. The number of halogens is 2. The van der Waals surface area contributed by atoms with Gasteiger partial charge in [0.1, 0.15) is 11.9 Å². The lowest BCUT2D eigenvalue weighted by atomic mass is 9.85. The van der Waals surface area contributed by atoms with Gasteiger partial charge in [-0.15, -0.1) is 0 Å². The van der Waals surface area contributed by atoms with Crippen molar-refractivity contribution in [3.8, 4) is 0 Å². The van der Waals surface area contributed by atoms with Crippen LogP contribution in [0.25, 0.3) is 0 Å². The average Bonchev–Trinajstić information content (AvgIpc) is 3.01. The molecule has 0 N–H and O–H groups in total. The number of fused-ring (bicyclic) bond motifs is 1. The number of carbonyl (C=O) groups excluding carboxylic acids is 3. The predicted molar refractivity (Wildman–Crippen MR) is 114 cm³/mol. The van der Waals surface area contributed by atoms with Crippen LogP contribution >= 0.6 is 11.6 Å². The second-order valence-corrected chi connectivity index (χ2v) is 8.04. The molecule has 2 atom stereocenters. The number of rotatable bonds is 3. The molecule has 3 aromatic carbocycles. The molecule has 154 valence electrons. The summed E-state index contributed by atoms with van der Waals surface area (Å²) in [7, 11) is 0. The molecule has 7 heteroatoms. The van der Waals surface area contributed by atoms with Gasteiger partial charge in [0, 0.05) is 10.7 Å². The minimum absolute atomic E-state index is 0.274. The van der Waals surface area contributed by atoms with Gasteiger partial charge in [0.05, 0.1) is 17.2 Å². The highest BCUT2D eigenvalue weighted by atomic mass is 35.5. The van der Waals surface area contributed by atoms with Crippen LogP contribution in [0.4, 0.5) is 10.1 Å². The molecule has 2 aliphatic heterocycles. The first-order valence-corrected chi connectivity index (χ1v) is 10.1. The largest absolute Gasteiger partial charge is 0.300 e. The van der Waals surface area contributed by atoms with Crippen molar-refractivity contribution in [3.05, 3.63) is 99.8 Å². The van der Waals surface area contributed by atoms with Gasteiger partial charge < -0.3 is 4.90 Å². The Bertz CT molecular complexity index is 1220. The van der Waals surface area contributed by atoms with Gasteiger partial charge in [-0.1, -0.05) is 41.9 Å². The summed E-state index contributed by atoms with van der Waals surface area (Å²) in [5, 5.41) is 0.454. The third-order valence-electron chi connectivity index (χ3n) is 5.81. The quantitative estimate of drug-likeness (QED) is 0.449. The Morgan fingerprint density at radius 1 is 0.806 bits per heavy atom. The Labute approximate surface area is 182 Å². The summed E-state index contributed by atoms with van der Waals surface area (Å²) in [4.78, 5) is 42.0. The van der Waals surface area contributed by atoms with Crippen molar-refractivity contribution < 1.29 is 18.8 Å². The molecule has 0 aromatic heterocycles. The SMILES string of the molecule is Cc1ccc(Cl)cc1N1C(=O)C(N2C(=O)c3ccccc3C2=O)C1c1ccc(F)cc1. The molecule has 2 aliphatic rings. The number of nitrogens with zero attached hydrogens (tertiary/aromatic N) is 2. The molecule has 1 fully saturated rings. The minimum Gasteiger partial charge on any atom is -0.300 e. The van der Waals surface area contributed by atoms with E-state index in [0.717, 1.165) is 10.5 Å². The van der Waals surface area contributed by atoms with E-state index in [1.54, 1.807) is 54.6 Å². The maximum Gasteiger partial charge on any atom is 0.262 e. The van der Waals surface area contributed by atoms with Gasteiger partial charge in [-0.2, -0.15) is 0 Å². The Kier molecular flexibility index (Phi) is 4.41. The second-order valence-electron chi connectivity index (χ2n) is 7.61. The Morgan fingerprint density at radius 3 is 2.03 bits per heavy atom. The lowest BCUT2D eigenvalue weighted by Gasteiger charge is -2.50. The highest BCUT2D eigenvalue weighted by molar-refractivity contribution is 6.31. The zero-order valence-corrected chi connectivity index (χ0v) is 17.1. The summed E-state index contributed by atoms with van der Waals surface area (Å²) in [6.45, 7) is 1.84.